The van der Waals surface area contributed by atoms with Crippen LogP contribution in [0.1, 0.15) is 11.1 Å². The van der Waals surface area contributed by atoms with Gasteiger partial charge in [0.15, 0.2) is 11.0 Å². The minimum Gasteiger partial charge on any atom is -0.351 e. The molecule has 2 heterocycles. The van der Waals surface area contributed by atoms with E-state index in [-0.39, 0.29) is 11.7 Å². The molecule has 0 aliphatic heterocycles. The Kier molecular flexibility index (Phi) is 7.00. The molecule has 0 saturated heterocycles. The van der Waals surface area contributed by atoms with Gasteiger partial charge in [-0.05, 0) is 29.3 Å². The van der Waals surface area contributed by atoms with Gasteiger partial charge in [0.25, 0.3) is 0 Å². The number of para-hydroxylation sites is 1. The summed E-state index contributed by atoms with van der Waals surface area (Å²) in [6.07, 6.45) is 3.70. The van der Waals surface area contributed by atoms with E-state index in [0.29, 0.717) is 18.2 Å². The number of carbonyl (C=O) groups excluding carboxylic acids is 1. The van der Waals surface area contributed by atoms with Gasteiger partial charge in [-0.1, -0.05) is 84.6 Å². The zero-order chi connectivity index (χ0) is 23.9. The van der Waals surface area contributed by atoms with E-state index in [2.05, 4.69) is 32.7 Å². The Bertz CT molecular complexity index is 1380. The Balaban J connectivity index is 1.24. The fraction of sp³-hybridized carbons (Fsp3) is 0.111. The highest BCUT2D eigenvalue weighted by Crippen LogP contribution is 2.27. The molecule has 0 unspecified atom stereocenters. The van der Waals surface area contributed by atoms with Crippen molar-refractivity contribution in [2.24, 2.45) is 0 Å². The average molecular weight is 481 g/mol. The molecule has 0 fully saturated rings. The van der Waals surface area contributed by atoms with Crippen LogP contribution >= 0.6 is 11.8 Å². The molecule has 0 bridgehead atoms. The topological polar surface area (TPSA) is 77.6 Å². The highest BCUT2D eigenvalue weighted by Gasteiger charge is 2.17. The summed E-state index contributed by atoms with van der Waals surface area (Å²) in [5, 5.41) is 16.8. The number of hydrogen-bond acceptors (Lipinski definition) is 5. The number of nitrogens with one attached hydrogen (secondary N) is 1. The quantitative estimate of drug-likeness (QED) is 0.312. The van der Waals surface area contributed by atoms with E-state index in [1.807, 2.05) is 94.3 Å². The number of thioether (sulfide) groups is 1. The van der Waals surface area contributed by atoms with Crippen LogP contribution in [0.4, 0.5) is 0 Å². The maximum Gasteiger partial charge on any atom is 0.230 e. The van der Waals surface area contributed by atoms with Gasteiger partial charge in [-0.2, -0.15) is 5.10 Å². The molecule has 0 aliphatic rings. The molecule has 0 radical (unpaired) electrons. The average Bonchev–Trinajstić information content (AvgIpc) is 3.57. The first kappa shape index (κ1) is 22.6. The molecule has 8 heteroatoms. The van der Waals surface area contributed by atoms with Gasteiger partial charge in [-0.15, -0.1) is 10.2 Å². The van der Waals surface area contributed by atoms with Crippen LogP contribution in [0.25, 0.3) is 17.1 Å². The standard InChI is InChI=1S/C27H24N6OS/c34-25(28-18-21-9-7-10-22(17-21)19-32-16-8-15-29-32)20-35-27-31-30-26(23-11-3-1-4-12-23)33(27)24-13-5-2-6-14-24/h1-17H,18-20H2,(H,28,34). The minimum atomic E-state index is -0.0589. The van der Waals surface area contributed by atoms with E-state index in [0.717, 1.165) is 28.2 Å². The van der Waals surface area contributed by atoms with Crippen molar-refractivity contribution in [1.82, 2.24) is 29.9 Å². The maximum absolute atomic E-state index is 12.7. The minimum absolute atomic E-state index is 0.0589. The normalized spacial score (nSPS) is 10.9. The van der Waals surface area contributed by atoms with Gasteiger partial charge < -0.3 is 5.32 Å². The van der Waals surface area contributed by atoms with E-state index in [1.165, 1.54) is 11.8 Å². The Labute approximate surface area is 207 Å². The highest BCUT2D eigenvalue weighted by molar-refractivity contribution is 7.99. The van der Waals surface area contributed by atoms with Gasteiger partial charge >= 0.3 is 0 Å². The van der Waals surface area contributed by atoms with E-state index in [4.69, 9.17) is 0 Å². The fourth-order valence-corrected chi connectivity index (χ4v) is 4.53. The second-order valence-electron chi connectivity index (χ2n) is 7.93. The monoisotopic (exact) mass is 480 g/mol. The summed E-state index contributed by atoms with van der Waals surface area (Å²) in [6, 6.07) is 30.0. The number of aromatic nitrogens is 5. The Morgan fingerprint density at radius 1 is 0.857 bits per heavy atom. The van der Waals surface area contributed by atoms with Crippen molar-refractivity contribution in [3.8, 4) is 17.1 Å². The molecule has 7 nitrogen and oxygen atoms in total. The maximum atomic E-state index is 12.7. The van der Waals surface area contributed by atoms with Crippen LogP contribution in [0, 0.1) is 0 Å². The van der Waals surface area contributed by atoms with Gasteiger partial charge in [-0.25, -0.2) is 0 Å². The van der Waals surface area contributed by atoms with Crippen LogP contribution in [0.5, 0.6) is 0 Å². The van der Waals surface area contributed by atoms with Gasteiger partial charge in [0.1, 0.15) is 0 Å². The van der Waals surface area contributed by atoms with Crippen molar-refractivity contribution in [1.29, 1.82) is 0 Å². The van der Waals surface area contributed by atoms with Crippen molar-refractivity contribution in [3.05, 3.63) is 115 Å². The van der Waals surface area contributed by atoms with Crippen molar-refractivity contribution >= 4 is 17.7 Å². The van der Waals surface area contributed by atoms with Crippen molar-refractivity contribution in [2.45, 2.75) is 18.2 Å². The summed E-state index contributed by atoms with van der Waals surface area (Å²) >= 11 is 1.37. The van der Waals surface area contributed by atoms with E-state index < -0.39 is 0 Å². The van der Waals surface area contributed by atoms with Crippen LogP contribution in [0.2, 0.25) is 0 Å². The molecule has 1 amide bonds. The number of carbonyl (C=O) groups is 1. The molecule has 174 valence electrons. The number of benzene rings is 3. The number of rotatable bonds is 9. The molecule has 5 aromatic rings. The summed E-state index contributed by atoms with van der Waals surface area (Å²) in [5.41, 5.74) is 4.11. The first-order valence-electron chi connectivity index (χ1n) is 11.3. The summed E-state index contributed by atoms with van der Waals surface area (Å²) in [4.78, 5) is 12.7. The smallest absolute Gasteiger partial charge is 0.230 e. The Morgan fingerprint density at radius 2 is 1.63 bits per heavy atom. The van der Waals surface area contributed by atoms with Crippen LogP contribution in [0.3, 0.4) is 0 Å². The molecule has 0 aliphatic carbocycles. The lowest BCUT2D eigenvalue weighted by molar-refractivity contribution is -0.118. The largest absolute Gasteiger partial charge is 0.351 e. The SMILES string of the molecule is O=C(CSc1nnc(-c2ccccc2)n1-c1ccccc1)NCc1cccc(Cn2cccn2)c1. The van der Waals surface area contributed by atoms with Gasteiger partial charge in [0.2, 0.25) is 5.91 Å². The molecular formula is C27H24N6OS. The van der Waals surface area contributed by atoms with Crippen LogP contribution in [-0.2, 0) is 17.9 Å². The highest BCUT2D eigenvalue weighted by atomic mass is 32.2. The number of nitrogens with zero attached hydrogens (tertiary/aromatic N) is 5. The van der Waals surface area contributed by atoms with E-state index in [9.17, 15) is 4.79 Å². The van der Waals surface area contributed by atoms with Gasteiger partial charge in [-0.3, -0.25) is 14.0 Å². The summed E-state index contributed by atoms with van der Waals surface area (Å²) < 4.78 is 3.87. The fourth-order valence-electron chi connectivity index (χ4n) is 3.75. The summed E-state index contributed by atoms with van der Waals surface area (Å²) in [7, 11) is 0. The van der Waals surface area contributed by atoms with Crippen LogP contribution in [0.15, 0.2) is 109 Å². The van der Waals surface area contributed by atoms with Crippen molar-refractivity contribution in [2.75, 3.05) is 5.75 Å². The van der Waals surface area contributed by atoms with Crippen molar-refractivity contribution in [3.63, 3.8) is 0 Å². The predicted octanol–water partition coefficient (Wildman–Crippen LogP) is 4.59. The first-order valence-corrected chi connectivity index (χ1v) is 12.3. The third-order valence-corrected chi connectivity index (χ3v) is 6.33. The lowest BCUT2D eigenvalue weighted by atomic mass is 10.1. The summed E-state index contributed by atoms with van der Waals surface area (Å²) in [6.45, 7) is 1.16. The van der Waals surface area contributed by atoms with Gasteiger partial charge in [0, 0.05) is 30.2 Å². The van der Waals surface area contributed by atoms with E-state index >= 15 is 0 Å². The molecule has 2 aromatic heterocycles. The molecule has 5 rings (SSSR count). The summed E-state index contributed by atoms with van der Waals surface area (Å²) in [5.74, 6) is 0.928. The molecule has 3 aromatic carbocycles. The Hall–Kier alpha value is -4.17. The lowest BCUT2D eigenvalue weighted by Gasteiger charge is -2.11. The molecule has 35 heavy (non-hydrogen) atoms. The number of amides is 1. The van der Waals surface area contributed by atoms with Crippen LogP contribution < -0.4 is 5.32 Å². The molecule has 1 N–H and O–H groups in total. The lowest BCUT2D eigenvalue weighted by Crippen LogP contribution is -2.24. The van der Waals surface area contributed by atoms with E-state index in [1.54, 1.807) is 6.20 Å². The zero-order valence-corrected chi connectivity index (χ0v) is 19.8. The molecular weight excluding hydrogens is 456 g/mol. The molecule has 0 atom stereocenters. The van der Waals surface area contributed by atoms with Crippen molar-refractivity contribution < 1.29 is 4.79 Å². The second-order valence-corrected chi connectivity index (χ2v) is 8.87. The second kappa shape index (κ2) is 10.8. The first-order chi connectivity index (χ1) is 17.3. The third kappa shape index (κ3) is 5.67. The Morgan fingerprint density at radius 3 is 2.40 bits per heavy atom. The molecule has 0 saturated carbocycles. The molecule has 0 spiro atoms. The van der Waals surface area contributed by atoms with Crippen LogP contribution in [-0.4, -0.2) is 36.2 Å². The predicted molar refractivity (Wildman–Crippen MR) is 137 cm³/mol. The van der Waals surface area contributed by atoms with Gasteiger partial charge in [0.05, 0.1) is 12.3 Å². The number of hydrogen-bond donors (Lipinski definition) is 1. The zero-order valence-electron chi connectivity index (χ0n) is 19.0. The third-order valence-electron chi connectivity index (χ3n) is 5.40.